The number of nitrogens with one attached hydrogen (secondary N) is 2. The van der Waals surface area contributed by atoms with Crippen LogP contribution in [0.15, 0.2) is 0 Å². The van der Waals surface area contributed by atoms with E-state index in [0.717, 1.165) is 18.0 Å². The van der Waals surface area contributed by atoms with Crippen molar-refractivity contribution in [3.8, 4) is 0 Å². The summed E-state index contributed by atoms with van der Waals surface area (Å²) in [6.45, 7) is 4.82. The fourth-order valence-corrected chi connectivity index (χ4v) is 2.95. The quantitative estimate of drug-likeness (QED) is 0.705. The smallest absolute Gasteiger partial charge is 0.00726 e. The van der Waals surface area contributed by atoms with E-state index in [9.17, 15) is 0 Å². The summed E-state index contributed by atoms with van der Waals surface area (Å²) in [5.41, 5.74) is 0. The summed E-state index contributed by atoms with van der Waals surface area (Å²) >= 11 is 0. The van der Waals surface area contributed by atoms with Crippen LogP contribution in [0.1, 0.15) is 45.4 Å². The lowest BCUT2D eigenvalue weighted by Gasteiger charge is -2.33. The van der Waals surface area contributed by atoms with E-state index < -0.39 is 0 Å². The molecule has 0 aliphatic carbocycles. The Morgan fingerprint density at radius 1 is 1.14 bits per heavy atom. The second-order valence-electron chi connectivity index (χ2n) is 5.14. The van der Waals surface area contributed by atoms with Crippen molar-refractivity contribution in [3.63, 3.8) is 0 Å². The van der Waals surface area contributed by atoms with Crippen molar-refractivity contribution < 1.29 is 0 Å². The Hall–Kier alpha value is -0.0800. The van der Waals surface area contributed by atoms with Crippen LogP contribution in [0.5, 0.6) is 0 Å². The Balaban J connectivity index is 1.72. The van der Waals surface area contributed by atoms with Gasteiger partial charge in [0.25, 0.3) is 0 Å². The van der Waals surface area contributed by atoms with Gasteiger partial charge in [-0.15, -0.1) is 0 Å². The first kappa shape index (κ1) is 10.4. The molecular weight excluding hydrogens is 172 g/mol. The fraction of sp³-hybridized carbons (Fsp3) is 1.00. The van der Waals surface area contributed by atoms with Crippen LogP contribution >= 0.6 is 0 Å². The molecule has 3 unspecified atom stereocenters. The van der Waals surface area contributed by atoms with Crippen molar-refractivity contribution in [1.82, 2.24) is 10.6 Å². The van der Waals surface area contributed by atoms with Crippen molar-refractivity contribution >= 4 is 0 Å². The average Bonchev–Trinajstić information content (AvgIpc) is 2.19. The average molecular weight is 196 g/mol. The molecular formula is C12H24N2. The predicted octanol–water partition coefficient (Wildman–Crippen LogP) is 1.91. The highest BCUT2D eigenvalue weighted by molar-refractivity contribution is 4.81. The van der Waals surface area contributed by atoms with Gasteiger partial charge in [-0.2, -0.15) is 0 Å². The molecule has 0 saturated carbocycles. The second-order valence-corrected chi connectivity index (χ2v) is 5.14. The van der Waals surface area contributed by atoms with Gasteiger partial charge in [-0.3, -0.25) is 0 Å². The number of rotatable bonds is 2. The molecule has 2 heteroatoms. The molecule has 2 heterocycles. The van der Waals surface area contributed by atoms with E-state index in [1.54, 1.807) is 0 Å². The molecule has 2 rings (SSSR count). The normalized spacial score (nSPS) is 39.6. The molecule has 2 fully saturated rings. The van der Waals surface area contributed by atoms with Gasteiger partial charge in [0, 0.05) is 12.1 Å². The van der Waals surface area contributed by atoms with Gasteiger partial charge in [-0.25, -0.2) is 0 Å². The summed E-state index contributed by atoms with van der Waals surface area (Å²) in [6, 6.07) is 1.56. The Labute approximate surface area is 87.8 Å². The summed E-state index contributed by atoms with van der Waals surface area (Å²) in [7, 11) is 0. The standard InChI is InChI=1S/C12H24N2/c1-10-4-2-6-12(14-10)8-11-5-3-7-13-9-11/h10-14H,2-9H2,1H3. The minimum Gasteiger partial charge on any atom is -0.316 e. The van der Waals surface area contributed by atoms with Crippen LogP contribution in [0.2, 0.25) is 0 Å². The number of hydrogen-bond donors (Lipinski definition) is 2. The second kappa shape index (κ2) is 5.13. The first-order valence-electron chi connectivity index (χ1n) is 6.31. The summed E-state index contributed by atoms with van der Waals surface area (Å²) in [5.74, 6) is 0.937. The summed E-state index contributed by atoms with van der Waals surface area (Å²) in [4.78, 5) is 0. The van der Waals surface area contributed by atoms with Crippen LogP contribution in [0.3, 0.4) is 0 Å². The van der Waals surface area contributed by atoms with Crippen molar-refractivity contribution in [2.45, 2.75) is 57.5 Å². The zero-order valence-corrected chi connectivity index (χ0v) is 9.39. The molecule has 2 aliphatic heterocycles. The SMILES string of the molecule is CC1CCCC(CC2CCCNC2)N1. The Morgan fingerprint density at radius 2 is 2.07 bits per heavy atom. The molecule has 2 nitrogen and oxygen atoms in total. The summed E-state index contributed by atoms with van der Waals surface area (Å²) in [5, 5.41) is 7.24. The van der Waals surface area contributed by atoms with Gasteiger partial charge in [0.2, 0.25) is 0 Å². The maximum Gasteiger partial charge on any atom is 0.00726 e. The van der Waals surface area contributed by atoms with Gasteiger partial charge in [0.1, 0.15) is 0 Å². The van der Waals surface area contributed by atoms with Crippen LogP contribution in [0, 0.1) is 5.92 Å². The first-order chi connectivity index (χ1) is 6.84. The van der Waals surface area contributed by atoms with E-state index in [1.807, 2.05) is 0 Å². The van der Waals surface area contributed by atoms with Crippen molar-refractivity contribution in [1.29, 1.82) is 0 Å². The minimum atomic E-state index is 0.755. The molecule has 3 atom stereocenters. The van der Waals surface area contributed by atoms with Crippen molar-refractivity contribution in [3.05, 3.63) is 0 Å². The topological polar surface area (TPSA) is 24.1 Å². The molecule has 2 aliphatic rings. The summed E-state index contributed by atoms with van der Waals surface area (Å²) < 4.78 is 0. The molecule has 2 saturated heterocycles. The monoisotopic (exact) mass is 196 g/mol. The van der Waals surface area contributed by atoms with E-state index in [0.29, 0.717) is 0 Å². The van der Waals surface area contributed by atoms with E-state index in [-0.39, 0.29) is 0 Å². The highest BCUT2D eigenvalue weighted by Crippen LogP contribution is 2.22. The zero-order chi connectivity index (χ0) is 9.80. The molecule has 82 valence electrons. The van der Waals surface area contributed by atoms with Gasteiger partial charge >= 0.3 is 0 Å². The molecule has 14 heavy (non-hydrogen) atoms. The van der Waals surface area contributed by atoms with Gasteiger partial charge < -0.3 is 10.6 Å². The van der Waals surface area contributed by atoms with Gasteiger partial charge in [0.05, 0.1) is 0 Å². The van der Waals surface area contributed by atoms with Crippen LogP contribution < -0.4 is 10.6 Å². The van der Waals surface area contributed by atoms with Crippen molar-refractivity contribution in [2.24, 2.45) is 5.92 Å². The largest absolute Gasteiger partial charge is 0.316 e. The van der Waals surface area contributed by atoms with Crippen LogP contribution in [0.4, 0.5) is 0 Å². The minimum absolute atomic E-state index is 0.755. The van der Waals surface area contributed by atoms with E-state index >= 15 is 0 Å². The van der Waals surface area contributed by atoms with Crippen LogP contribution in [0.25, 0.3) is 0 Å². The van der Waals surface area contributed by atoms with Crippen LogP contribution in [-0.2, 0) is 0 Å². The van der Waals surface area contributed by atoms with Gasteiger partial charge in [0.15, 0.2) is 0 Å². The molecule has 0 aromatic rings. The molecule has 0 aromatic heterocycles. The summed E-state index contributed by atoms with van der Waals surface area (Å²) in [6.07, 6.45) is 8.43. The maximum atomic E-state index is 3.74. The fourth-order valence-electron chi connectivity index (χ4n) is 2.95. The molecule has 0 spiro atoms. The molecule has 0 aromatic carbocycles. The third-order valence-corrected chi connectivity index (χ3v) is 3.73. The third kappa shape index (κ3) is 2.96. The van der Waals surface area contributed by atoms with E-state index in [2.05, 4.69) is 17.6 Å². The Morgan fingerprint density at radius 3 is 2.79 bits per heavy atom. The lowest BCUT2D eigenvalue weighted by Crippen LogP contribution is -2.43. The van der Waals surface area contributed by atoms with Gasteiger partial charge in [-0.05, 0) is 58.0 Å². The molecule has 0 radical (unpaired) electrons. The van der Waals surface area contributed by atoms with E-state index in [4.69, 9.17) is 0 Å². The number of hydrogen-bond acceptors (Lipinski definition) is 2. The molecule has 0 bridgehead atoms. The number of piperidine rings is 2. The highest BCUT2D eigenvalue weighted by Gasteiger charge is 2.22. The Bertz CT molecular complexity index is 164. The zero-order valence-electron chi connectivity index (χ0n) is 9.39. The molecule has 0 amide bonds. The van der Waals surface area contributed by atoms with Crippen LogP contribution in [-0.4, -0.2) is 25.2 Å². The highest BCUT2D eigenvalue weighted by atomic mass is 15.0. The molecule has 2 N–H and O–H groups in total. The Kier molecular flexibility index (Phi) is 3.82. The first-order valence-corrected chi connectivity index (χ1v) is 6.31. The van der Waals surface area contributed by atoms with Gasteiger partial charge in [-0.1, -0.05) is 6.42 Å². The maximum absolute atomic E-state index is 3.74. The lowest BCUT2D eigenvalue weighted by molar-refractivity contribution is 0.258. The third-order valence-electron chi connectivity index (χ3n) is 3.73. The lowest BCUT2D eigenvalue weighted by atomic mass is 9.88. The predicted molar refractivity (Wildman–Crippen MR) is 60.4 cm³/mol. The van der Waals surface area contributed by atoms with Crippen molar-refractivity contribution in [2.75, 3.05) is 13.1 Å². The van der Waals surface area contributed by atoms with E-state index in [1.165, 1.54) is 51.6 Å².